The van der Waals surface area contributed by atoms with E-state index in [1.54, 1.807) is 6.08 Å². The number of rotatable bonds is 6. The van der Waals surface area contributed by atoms with Crippen LogP contribution in [0, 0.1) is 0 Å². The Kier molecular flexibility index (Phi) is 5.99. The van der Waals surface area contributed by atoms with Crippen LogP contribution in [0.3, 0.4) is 0 Å². The lowest BCUT2D eigenvalue weighted by Crippen LogP contribution is -2.44. The maximum Gasteiger partial charge on any atom is 0.293 e. The van der Waals surface area contributed by atoms with Gasteiger partial charge in [0.2, 0.25) is 5.91 Å². The molecular weight excluding hydrogens is 372 g/mol. The largest absolute Gasteiger partial charge is 0.354 e. The van der Waals surface area contributed by atoms with E-state index in [1.165, 1.54) is 4.90 Å². The summed E-state index contributed by atoms with van der Waals surface area (Å²) < 4.78 is 0. The molecule has 3 amide bonds. The molecule has 1 aliphatic rings. The Morgan fingerprint density at radius 2 is 1.64 bits per heavy atom. The van der Waals surface area contributed by atoms with Crippen LogP contribution in [0.15, 0.2) is 65.6 Å². The van der Waals surface area contributed by atoms with Crippen LogP contribution in [0.5, 0.6) is 0 Å². The quantitative estimate of drug-likeness (QED) is 0.757. The van der Waals surface area contributed by atoms with Gasteiger partial charge in [0, 0.05) is 13.1 Å². The fourth-order valence-corrected chi connectivity index (χ4v) is 3.75. The molecule has 0 bridgehead atoms. The maximum absolute atomic E-state index is 12.6. The Balaban J connectivity index is 1.59. The Hall–Kier alpha value is -2.86. The summed E-state index contributed by atoms with van der Waals surface area (Å²) in [5.41, 5.74) is 1.07. The average Bonchev–Trinajstić information content (AvgIpc) is 2.96. The van der Waals surface area contributed by atoms with Gasteiger partial charge in [0.25, 0.3) is 11.1 Å². The average molecular weight is 394 g/mol. The van der Waals surface area contributed by atoms with Gasteiger partial charge in [0.1, 0.15) is 0 Å². The van der Waals surface area contributed by atoms with Crippen LogP contribution < -0.4 is 5.32 Å². The summed E-state index contributed by atoms with van der Waals surface area (Å²) in [6, 6.07) is 18.9. The number of hydrogen-bond donors (Lipinski definition) is 1. The predicted molar refractivity (Wildman–Crippen MR) is 112 cm³/mol. The molecule has 0 saturated carbocycles. The molecule has 144 valence electrons. The lowest BCUT2D eigenvalue weighted by atomic mass is 9.84. The first-order valence-corrected chi connectivity index (χ1v) is 9.85. The van der Waals surface area contributed by atoms with Gasteiger partial charge in [0.15, 0.2) is 0 Å². The van der Waals surface area contributed by atoms with Crippen LogP contribution in [0.4, 0.5) is 4.79 Å². The summed E-state index contributed by atoms with van der Waals surface area (Å²) in [5.74, 6) is -0.471. The number of hydrogen-bond acceptors (Lipinski definition) is 4. The molecule has 0 unspecified atom stereocenters. The molecule has 6 heteroatoms. The first-order valence-electron chi connectivity index (χ1n) is 9.04. The second-order valence-electron chi connectivity index (χ2n) is 6.99. The molecule has 1 N–H and O–H groups in total. The first kappa shape index (κ1) is 19.9. The van der Waals surface area contributed by atoms with Crippen molar-refractivity contribution < 1.29 is 14.4 Å². The van der Waals surface area contributed by atoms with E-state index in [1.807, 2.05) is 74.5 Å². The molecular formula is C22H22N2O3S. The van der Waals surface area contributed by atoms with E-state index in [0.717, 1.165) is 22.9 Å². The number of thioether (sulfide) groups is 1. The molecule has 0 atom stereocenters. The van der Waals surface area contributed by atoms with Crippen LogP contribution >= 0.6 is 11.8 Å². The minimum absolute atomic E-state index is 0.146. The molecule has 1 heterocycles. The number of nitrogens with zero attached hydrogens (tertiary/aromatic N) is 1. The zero-order chi connectivity index (χ0) is 20.1. The highest BCUT2D eigenvalue weighted by Gasteiger charge is 2.35. The van der Waals surface area contributed by atoms with E-state index in [4.69, 9.17) is 0 Å². The number of carbonyl (C=O) groups excluding carboxylic acids is 3. The molecule has 28 heavy (non-hydrogen) atoms. The summed E-state index contributed by atoms with van der Waals surface area (Å²) in [5, 5.41) is 2.52. The molecule has 2 aromatic carbocycles. The highest BCUT2D eigenvalue weighted by atomic mass is 32.2. The van der Waals surface area contributed by atoms with Gasteiger partial charge >= 0.3 is 0 Å². The molecule has 1 aliphatic heterocycles. The fraction of sp³-hybridized carbons (Fsp3) is 0.227. The van der Waals surface area contributed by atoms with Crippen molar-refractivity contribution in [3.8, 4) is 0 Å². The van der Waals surface area contributed by atoms with Crippen molar-refractivity contribution in [3.63, 3.8) is 0 Å². The van der Waals surface area contributed by atoms with Crippen LogP contribution in [0.25, 0.3) is 6.08 Å². The summed E-state index contributed by atoms with van der Waals surface area (Å²) in [7, 11) is 0. The lowest BCUT2D eigenvalue weighted by Gasteiger charge is -2.24. The maximum atomic E-state index is 12.6. The minimum atomic E-state index is -0.701. The molecule has 0 aromatic heterocycles. The SMILES string of the molecule is CC(C)(C(=O)NCCN1C(=O)S/C(=C/c2ccccc2)C1=O)c1ccccc1. The van der Waals surface area contributed by atoms with Gasteiger partial charge in [-0.25, -0.2) is 0 Å². The minimum Gasteiger partial charge on any atom is -0.354 e. The van der Waals surface area contributed by atoms with Gasteiger partial charge in [-0.3, -0.25) is 19.3 Å². The van der Waals surface area contributed by atoms with E-state index in [-0.39, 0.29) is 30.1 Å². The highest BCUT2D eigenvalue weighted by molar-refractivity contribution is 8.18. The highest BCUT2D eigenvalue weighted by Crippen LogP contribution is 2.31. The van der Waals surface area contributed by atoms with Crippen molar-refractivity contribution in [2.45, 2.75) is 19.3 Å². The zero-order valence-corrected chi connectivity index (χ0v) is 16.7. The molecule has 0 spiro atoms. The van der Waals surface area contributed by atoms with Crippen LogP contribution in [0.2, 0.25) is 0 Å². The molecule has 0 aliphatic carbocycles. The third-order valence-electron chi connectivity index (χ3n) is 4.66. The molecule has 1 fully saturated rings. The smallest absolute Gasteiger partial charge is 0.293 e. The number of imide groups is 1. The molecule has 5 nitrogen and oxygen atoms in total. The predicted octanol–water partition coefficient (Wildman–Crippen LogP) is 3.82. The Bertz CT molecular complexity index is 908. The summed E-state index contributed by atoms with van der Waals surface area (Å²) in [4.78, 5) is 38.9. The molecule has 0 radical (unpaired) electrons. The Morgan fingerprint density at radius 1 is 1.04 bits per heavy atom. The van der Waals surface area contributed by atoms with Crippen molar-refractivity contribution in [3.05, 3.63) is 76.7 Å². The van der Waals surface area contributed by atoms with Crippen molar-refractivity contribution >= 4 is 34.9 Å². The number of benzene rings is 2. The number of amides is 3. The van der Waals surface area contributed by atoms with Gasteiger partial charge in [0.05, 0.1) is 10.3 Å². The monoisotopic (exact) mass is 394 g/mol. The van der Waals surface area contributed by atoms with Gasteiger partial charge in [-0.1, -0.05) is 60.7 Å². The van der Waals surface area contributed by atoms with Gasteiger partial charge in [-0.05, 0) is 42.8 Å². The Morgan fingerprint density at radius 3 is 2.29 bits per heavy atom. The van der Waals surface area contributed by atoms with Gasteiger partial charge in [-0.2, -0.15) is 0 Å². The van der Waals surface area contributed by atoms with Crippen molar-refractivity contribution in [2.24, 2.45) is 0 Å². The van der Waals surface area contributed by atoms with Crippen molar-refractivity contribution in [2.75, 3.05) is 13.1 Å². The number of carbonyl (C=O) groups is 3. The van der Waals surface area contributed by atoms with E-state index in [2.05, 4.69) is 5.32 Å². The molecule has 1 saturated heterocycles. The third kappa shape index (κ3) is 4.34. The lowest BCUT2D eigenvalue weighted by molar-refractivity contribution is -0.126. The van der Waals surface area contributed by atoms with Crippen molar-refractivity contribution in [1.82, 2.24) is 10.2 Å². The summed E-state index contributed by atoms with van der Waals surface area (Å²) in [6.45, 7) is 4.06. The standard InChI is InChI=1S/C22H22N2O3S/c1-22(2,17-11-7-4-8-12-17)20(26)23-13-14-24-19(25)18(28-21(24)27)15-16-9-5-3-6-10-16/h3-12,15H,13-14H2,1-2H3,(H,23,26)/b18-15+. The van der Waals surface area contributed by atoms with Crippen LogP contribution in [0.1, 0.15) is 25.0 Å². The van der Waals surface area contributed by atoms with Gasteiger partial charge in [-0.15, -0.1) is 0 Å². The second-order valence-corrected chi connectivity index (χ2v) is 7.98. The Labute approximate surface area is 168 Å². The van der Waals surface area contributed by atoms with E-state index < -0.39 is 5.41 Å². The normalized spacial score (nSPS) is 15.9. The zero-order valence-electron chi connectivity index (χ0n) is 15.8. The first-order chi connectivity index (χ1) is 13.4. The topological polar surface area (TPSA) is 66.5 Å². The molecule has 2 aromatic rings. The van der Waals surface area contributed by atoms with E-state index >= 15 is 0 Å². The summed E-state index contributed by atoms with van der Waals surface area (Å²) >= 11 is 0.924. The van der Waals surface area contributed by atoms with Crippen LogP contribution in [-0.2, 0) is 15.0 Å². The van der Waals surface area contributed by atoms with Crippen molar-refractivity contribution in [1.29, 1.82) is 0 Å². The second kappa shape index (κ2) is 8.44. The van der Waals surface area contributed by atoms with Crippen LogP contribution in [-0.4, -0.2) is 35.0 Å². The van der Waals surface area contributed by atoms with Gasteiger partial charge < -0.3 is 5.32 Å². The van der Waals surface area contributed by atoms with E-state index in [9.17, 15) is 14.4 Å². The number of nitrogens with one attached hydrogen (secondary N) is 1. The third-order valence-corrected chi connectivity index (χ3v) is 5.56. The molecule has 3 rings (SSSR count). The van der Waals surface area contributed by atoms with E-state index in [0.29, 0.717) is 4.91 Å². The fourth-order valence-electron chi connectivity index (χ4n) is 2.88. The summed E-state index contributed by atoms with van der Waals surface area (Å²) in [6.07, 6.45) is 1.71.